The van der Waals surface area contributed by atoms with Crippen molar-refractivity contribution in [3.05, 3.63) is 77.8 Å². The van der Waals surface area contributed by atoms with Gasteiger partial charge in [-0.1, -0.05) is 41.1 Å². The number of ether oxygens (including phenoxy) is 1. The van der Waals surface area contributed by atoms with Gasteiger partial charge in [0.1, 0.15) is 0 Å². The van der Waals surface area contributed by atoms with Crippen molar-refractivity contribution in [3.8, 4) is 22.9 Å². The van der Waals surface area contributed by atoms with E-state index in [2.05, 4.69) is 22.0 Å². The summed E-state index contributed by atoms with van der Waals surface area (Å²) >= 11 is 5.61. The molecule has 0 aliphatic carbocycles. The van der Waals surface area contributed by atoms with E-state index in [0.717, 1.165) is 28.0 Å². The third kappa shape index (κ3) is 3.97. The Hall–Kier alpha value is -3.65. The molecular formula is C24H24N4O3S. The molecule has 0 radical (unpaired) electrons. The number of thiocarbonyl (C=S) groups is 1. The molecule has 0 saturated heterocycles. The zero-order valence-electron chi connectivity index (χ0n) is 18.1. The van der Waals surface area contributed by atoms with Gasteiger partial charge in [0.2, 0.25) is 5.82 Å². The number of nitrogens with zero attached hydrogens (tertiary/aromatic N) is 3. The minimum absolute atomic E-state index is 0.0363. The van der Waals surface area contributed by atoms with Gasteiger partial charge in [0.25, 0.3) is 5.89 Å². The van der Waals surface area contributed by atoms with Gasteiger partial charge in [-0.3, -0.25) is 0 Å². The van der Waals surface area contributed by atoms with Crippen LogP contribution in [0.2, 0.25) is 0 Å². The van der Waals surface area contributed by atoms with Crippen LogP contribution in [0, 0.1) is 6.92 Å². The fourth-order valence-electron chi connectivity index (χ4n) is 3.78. The van der Waals surface area contributed by atoms with E-state index in [1.807, 2.05) is 49.1 Å². The molecule has 2 N–H and O–H groups in total. The molecule has 4 rings (SSSR count). The summed E-state index contributed by atoms with van der Waals surface area (Å²) in [4.78, 5) is 6.61. The normalized spacial score (nSPS) is 16.2. The van der Waals surface area contributed by atoms with Gasteiger partial charge < -0.3 is 24.6 Å². The number of nitrogens with one attached hydrogen (secondary N) is 1. The fourth-order valence-corrected chi connectivity index (χ4v) is 4.11. The molecule has 1 aliphatic heterocycles. The van der Waals surface area contributed by atoms with Crippen LogP contribution >= 0.6 is 12.2 Å². The Morgan fingerprint density at radius 1 is 1.28 bits per heavy atom. The standard InChI is InChI=1S/C24H24N4O3S/c1-5-11-28-15(3)20(23-26-22(27-31-23)17-8-6-7-14(2)12-17)21(25-24(28)32)16-9-10-19(30-4)18(29)13-16/h5-10,12-13,21,29H,1,11H2,2-4H3,(H,25,32). The molecule has 1 aliphatic rings. The van der Waals surface area contributed by atoms with Gasteiger partial charge in [-0.15, -0.1) is 6.58 Å². The van der Waals surface area contributed by atoms with Crippen LogP contribution in [0.1, 0.15) is 30.0 Å². The first-order chi connectivity index (χ1) is 15.4. The number of aromatic nitrogens is 2. The number of methoxy groups -OCH3 is 1. The summed E-state index contributed by atoms with van der Waals surface area (Å²) in [6, 6.07) is 12.8. The van der Waals surface area contributed by atoms with Crippen molar-refractivity contribution in [2.24, 2.45) is 0 Å². The van der Waals surface area contributed by atoms with E-state index in [9.17, 15) is 5.11 Å². The number of hydrogen-bond donors (Lipinski definition) is 2. The molecule has 32 heavy (non-hydrogen) atoms. The molecule has 0 saturated carbocycles. The largest absolute Gasteiger partial charge is 0.504 e. The second kappa shape index (κ2) is 8.84. The van der Waals surface area contributed by atoms with E-state index in [-0.39, 0.29) is 5.75 Å². The molecular weight excluding hydrogens is 424 g/mol. The minimum Gasteiger partial charge on any atom is -0.504 e. The quantitative estimate of drug-likeness (QED) is 0.418. The van der Waals surface area contributed by atoms with Gasteiger partial charge in [-0.05, 0) is 49.8 Å². The second-order valence-corrected chi connectivity index (χ2v) is 7.89. The number of hydrogen-bond acceptors (Lipinski definition) is 6. The first-order valence-electron chi connectivity index (χ1n) is 10.1. The van der Waals surface area contributed by atoms with Crippen LogP contribution < -0.4 is 10.1 Å². The van der Waals surface area contributed by atoms with E-state index >= 15 is 0 Å². The van der Waals surface area contributed by atoms with E-state index in [1.165, 1.54) is 7.11 Å². The maximum absolute atomic E-state index is 10.3. The molecule has 0 bridgehead atoms. The topological polar surface area (TPSA) is 83.7 Å². The summed E-state index contributed by atoms with van der Waals surface area (Å²) in [5, 5.41) is 18.4. The van der Waals surface area contributed by atoms with Gasteiger partial charge in [-0.25, -0.2) is 0 Å². The third-order valence-electron chi connectivity index (χ3n) is 5.38. The van der Waals surface area contributed by atoms with Crippen LogP contribution in [0.4, 0.5) is 0 Å². The highest BCUT2D eigenvalue weighted by atomic mass is 32.1. The Labute approximate surface area is 192 Å². The number of allylic oxidation sites excluding steroid dienone is 1. The van der Waals surface area contributed by atoms with E-state index in [0.29, 0.717) is 29.1 Å². The maximum Gasteiger partial charge on any atom is 0.258 e. The lowest BCUT2D eigenvalue weighted by atomic mass is 9.94. The predicted octanol–water partition coefficient (Wildman–Crippen LogP) is 4.61. The van der Waals surface area contributed by atoms with Crippen molar-refractivity contribution in [1.82, 2.24) is 20.4 Å². The van der Waals surface area contributed by atoms with Crippen LogP contribution in [-0.4, -0.2) is 38.9 Å². The molecule has 0 spiro atoms. The molecule has 164 valence electrons. The molecule has 1 atom stereocenters. The Kier molecular flexibility index (Phi) is 5.96. The van der Waals surface area contributed by atoms with Gasteiger partial charge >= 0.3 is 0 Å². The predicted molar refractivity (Wildman–Crippen MR) is 127 cm³/mol. The average Bonchev–Trinajstić information content (AvgIpc) is 3.26. The van der Waals surface area contributed by atoms with E-state index < -0.39 is 6.04 Å². The Morgan fingerprint density at radius 2 is 2.09 bits per heavy atom. The lowest BCUT2D eigenvalue weighted by Crippen LogP contribution is -2.45. The van der Waals surface area contributed by atoms with Crippen LogP contribution in [0.25, 0.3) is 17.0 Å². The van der Waals surface area contributed by atoms with Gasteiger partial charge in [0, 0.05) is 17.8 Å². The Balaban J connectivity index is 1.83. The van der Waals surface area contributed by atoms with Crippen molar-refractivity contribution in [1.29, 1.82) is 0 Å². The van der Waals surface area contributed by atoms with Gasteiger partial charge in [-0.2, -0.15) is 4.98 Å². The van der Waals surface area contributed by atoms with E-state index in [4.69, 9.17) is 21.5 Å². The highest BCUT2D eigenvalue weighted by Crippen LogP contribution is 2.39. The summed E-state index contributed by atoms with van der Waals surface area (Å²) in [6.45, 7) is 8.33. The average molecular weight is 449 g/mol. The Bertz CT molecular complexity index is 1220. The third-order valence-corrected chi connectivity index (χ3v) is 5.72. The molecule has 3 aromatic rings. The summed E-state index contributed by atoms with van der Waals surface area (Å²) in [5.41, 5.74) is 4.41. The number of phenols is 1. The molecule has 1 aromatic heterocycles. The summed E-state index contributed by atoms with van der Waals surface area (Å²) in [7, 11) is 1.51. The Morgan fingerprint density at radius 3 is 2.78 bits per heavy atom. The number of benzene rings is 2. The van der Waals surface area contributed by atoms with Gasteiger partial charge in [0.15, 0.2) is 16.6 Å². The number of aromatic hydroxyl groups is 1. The van der Waals surface area contributed by atoms with Crippen LogP contribution in [0.3, 0.4) is 0 Å². The summed E-state index contributed by atoms with van der Waals surface area (Å²) < 4.78 is 10.9. The maximum atomic E-state index is 10.3. The van der Waals surface area contributed by atoms with Crippen LogP contribution in [0.5, 0.6) is 11.5 Å². The molecule has 1 unspecified atom stereocenters. The SMILES string of the molecule is C=CCN1C(=S)NC(c2ccc(OC)c(O)c2)C(c2nc(-c3cccc(C)c3)no2)=C1C. The zero-order chi connectivity index (χ0) is 22.8. The first kappa shape index (κ1) is 21.6. The smallest absolute Gasteiger partial charge is 0.258 e. The van der Waals surface area contributed by atoms with Gasteiger partial charge in [0.05, 0.1) is 18.7 Å². The van der Waals surface area contributed by atoms with Crippen molar-refractivity contribution in [3.63, 3.8) is 0 Å². The minimum atomic E-state index is -0.397. The molecule has 0 amide bonds. The first-order valence-corrected chi connectivity index (χ1v) is 10.5. The van der Waals surface area contributed by atoms with Crippen LogP contribution in [0.15, 0.2) is 65.3 Å². The number of phenolic OH excluding ortho intramolecular Hbond substituents is 1. The van der Waals surface area contributed by atoms with Crippen molar-refractivity contribution in [2.75, 3.05) is 13.7 Å². The molecule has 8 heteroatoms. The highest BCUT2D eigenvalue weighted by molar-refractivity contribution is 7.80. The molecule has 2 aromatic carbocycles. The highest BCUT2D eigenvalue weighted by Gasteiger charge is 2.34. The van der Waals surface area contributed by atoms with Crippen molar-refractivity contribution in [2.45, 2.75) is 19.9 Å². The fraction of sp³-hybridized carbons (Fsp3) is 0.208. The number of aryl methyl sites for hydroxylation is 1. The monoisotopic (exact) mass is 448 g/mol. The zero-order valence-corrected chi connectivity index (χ0v) is 18.9. The summed E-state index contributed by atoms with van der Waals surface area (Å²) in [5.74, 6) is 1.31. The van der Waals surface area contributed by atoms with Crippen molar-refractivity contribution < 1.29 is 14.4 Å². The van der Waals surface area contributed by atoms with Crippen molar-refractivity contribution >= 4 is 22.9 Å². The molecule has 2 heterocycles. The lowest BCUT2D eigenvalue weighted by molar-refractivity contribution is 0.372. The molecule has 7 nitrogen and oxygen atoms in total. The molecule has 0 fully saturated rings. The van der Waals surface area contributed by atoms with E-state index in [1.54, 1.807) is 18.2 Å². The number of rotatable bonds is 6. The lowest BCUT2D eigenvalue weighted by Gasteiger charge is -2.36. The van der Waals surface area contributed by atoms with Crippen LogP contribution in [-0.2, 0) is 0 Å². The second-order valence-electron chi connectivity index (χ2n) is 7.50. The summed E-state index contributed by atoms with van der Waals surface area (Å²) in [6.07, 6.45) is 1.78.